The van der Waals surface area contributed by atoms with Crippen LogP contribution < -0.4 is 5.32 Å². The van der Waals surface area contributed by atoms with Gasteiger partial charge in [0.05, 0.1) is 12.2 Å². The van der Waals surface area contributed by atoms with Gasteiger partial charge in [0.1, 0.15) is 0 Å². The Kier molecular flexibility index (Phi) is 4.73. The van der Waals surface area contributed by atoms with E-state index in [1.54, 1.807) is 0 Å². The predicted molar refractivity (Wildman–Crippen MR) is 79.7 cm³/mol. The second-order valence-electron chi connectivity index (χ2n) is 6.27. The lowest BCUT2D eigenvalue weighted by atomic mass is 9.94. The number of hydrogen-bond acceptors (Lipinski definition) is 4. The largest absolute Gasteiger partial charge is 0.360 e. The summed E-state index contributed by atoms with van der Waals surface area (Å²) in [5.41, 5.74) is 1.17. The van der Waals surface area contributed by atoms with E-state index in [4.69, 9.17) is 4.52 Å². The predicted octanol–water partition coefficient (Wildman–Crippen LogP) is 2.91. The van der Waals surface area contributed by atoms with E-state index in [9.17, 15) is 0 Å². The highest BCUT2D eigenvalue weighted by Gasteiger charge is 2.24. The zero-order valence-electron chi connectivity index (χ0n) is 12.6. The Bertz CT molecular complexity index is 412. The number of rotatable bonds is 4. The molecule has 0 radical (unpaired) electrons. The molecule has 0 saturated carbocycles. The molecule has 2 saturated heterocycles. The Morgan fingerprint density at radius 2 is 2.15 bits per heavy atom. The Hall–Kier alpha value is -0.870. The number of hydrogen-bond donors (Lipinski definition) is 1. The molecule has 0 aromatic carbocycles. The molecular weight excluding hydrogens is 250 g/mol. The summed E-state index contributed by atoms with van der Waals surface area (Å²) in [7, 11) is 0. The molecule has 0 amide bonds. The van der Waals surface area contributed by atoms with Gasteiger partial charge in [0.25, 0.3) is 0 Å². The van der Waals surface area contributed by atoms with Crippen LogP contribution in [-0.2, 0) is 6.54 Å². The Morgan fingerprint density at radius 3 is 2.95 bits per heavy atom. The van der Waals surface area contributed by atoms with Crippen molar-refractivity contribution in [1.82, 2.24) is 15.4 Å². The van der Waals surface area contributed by atoms with E-state index in [0.29, 0.717) is 5.92 Å². The summed E-state index contributed by atoms with van der Waals surface area (Å²) >= 11 is 0. The molecule has 2 aliphatic rings. The highest BCUT2D eigenvalue weighted by atomic mass is 16.5. The van der Waals surface area contributed by atoms with E-state index in [1.807, 2.05) is 0 Å². The molecule has 4 heteroatoms. The maximum atomic E-state index is 5.60. The lowest BCUT2D eigenvalue weighted by Gasteiger charge is -2.34. The lowest BCUT2D eigenvalue weighted by Crippen LogP contribution is -2.38. The van der Waals surface area contributed by atoms with E-state index >= 15 is 0 Å². The summed E-state index contributed by atoms with van der Waals surface area (Å²) < 4.78 is 5.60. The van der Waals surface area contributed by atoms with Crippen molar-refractivity contribution in [3.8, 4) is 0 Å². The van der Waals surface area contributed by atoms with Crippen LogP contribution in [0.2, 0.25) is 0 Å². The van der Waals surface area contributed by atoms with Crippen molar-refractivity contribution >= 4 is 0 Å². The van der Waals surface area contributed by atoms with Crippen LogP contribution in [0.25, 0.3) is 0 Å². The standard InChI is InChI=1S/C16H27N3O/c1-2-14-5-3-4-10-19(14)12-15-11-16(18-20-15)13-6-8-17-9-7-13/h11,13-14,17H,2-10,12H2,1H3. The SMILES string of the molecule is CCC1CCCCN1Cc1cc(C2CCNCC2)no1. The summed E-state index contributed by atoms with van der Waals surface area (Å²) in [5, 5.41) is 7.73. The molecule has 20 heavy (non-hydrogen) atoms. The maximum Gasteiger partial charge on any atom is 0.150 e. The first-order valence-electron chi connectivity index (χ1n) is 8.27. The van der Waals surface area contributed by atoms with Crippen molar-refractivity contribution in [2.75, 3.05) is 19.6 Å². The number of nitrogens with one attached hydrogen (secondary N) is 1. The van der Waals surface area contributed by atoms with Crippen LogP contribution in [0.1, 0.15) is 62.8 Å². The Labute approximate surface area is 121 Å². The van der Waals surface area contributed by atoms with Crippen LogP contribution in [0.15, 0.2) is 10.6 Å². The average molecular weight is 277 g/mol. The summed E-state index contributed by atoms with van der Waals surface area (Å²) in [6.07, 6.45) is 7.67. The third-order valence-electron chi connectivity index (χ3n) is 4.91. The fourth-order valence-corrected chi connectivity index (χ4v) is 3.64. The van der Waals surface area contributed by atoms with Gasteiger partial charge in [-0.15, -0.1) is 0 Å². The molecular formula is C16H27N3O. The maximum absolute atomic E-state index is 5.60. The van der Waals surface area contributed by atoms with Gasteiger partial charge >= 0.3 is 0 Å². The second kappa shape index (κ2) is 6.72. The van der Waals surface area contributed by atoms with E-state index in [-0.39, 0.29) is 0 Å². The zero-order valence-corrected chi connectivity index (χ0v) is 12.6. The summed E-state index contributed by atoms with van der Waals surface area (Å²) in [4.78, 5) is 2.58. The van der Waals surface area contributed by atoms with Crippen LogP contribution in [0.3, 0.4) is 0 Å². The molecule has 4 nitrogen and oxygen atoms in total. The van der Waals surface area contributed by atoms with Crippen LogP contribution in [0, 0.1) is 0 Å². The van der Waals surface area contributed by atoms with E-state index in [1.165, 1.54) is 50.8 Å². The average Bonchev–Trinajstić information content (AvgIpc) is 2.97. The molecule has 0 spiro atoms. The van der Waals surface area contributed by atoms with Crippen molar-refractivity contribution in [3.05, 3.63) is 17.5 Å². The van der Waals surface area contributed by atoms with Crippen molar-refractivity contribution in [3.63, 3.8) is 0 Å². The second-order valence-corrected chi connectivity index (χ2v) is 6.27. The first-order valence-corrected chi connectivity index (χ1v) is 8.27. The Morgan fingerprint density at radius 1 is 1.30 bits per heavy atom. The highest BCUT2D eigenvalue weighted by molar-refractivity contribution is 5.12. The summed E-state index contributed by atoms with van der Waals surface area (Å²) in [5.74, 6) is 1.65. The summed E-state index contributed by atoms with van der Waals surface area (Å²) in [6.45, 7) is 6.66. The van der Waals surface area contributed by atoms with E-state index in [2.05, 4.69) is 28.4 Å². The van der Waals surface area contributed by atoms with Crippen LogP contribution in [0.5, 0.6) is 0 Å². The first kappa shape index (κ1) is 14.1. The van der Waals surface area contributed by atoms with Crippen LogP contribution in [0.4, 0.5) is 0 Å². The van der Waals surface area contributed by atoms with Gasteiger partial charge in [-0.05, 0) is 51.7 Å². The number of piperidine rings is 2. The molecule has 0 aliphatic carbocycles. The van der Waals surface area contributed by atoms with Crippen molar-refractivity contribution in [2.24, 2.45) is 0 Å². The molecule has 1 N–H and O–H groups in total. The molecule has 3 heterocycles. The molecule has 1 atom stereocenters. The van der Waals surface area contributed by atoms with Gasteiger partial charge in [-0.25, -0.2) is 0 Å². The fraction of sp³-hybridized carbons (Fsp3) is 0.812. The van der Waals surface area contributed by atoms with Crippen molar-refractivity contribution < 1.29 is 4.52 Å². The van der Waals surface area contributed by atoms with Gasteiger partial charge in [-0.1, -0.05) is 18.5 Å². The topological polar surface area (TPSA) is 41.3 Å². The third-order valence-corrected chi connectivity index (χ3v) is 4.91. The fourth-order valence-electron chi connectivity index (χ4n) is 3.64. The van der Waals surface area contributed by atoms with E-state index in [0.717, 1.165) is 31.4 Å². The highest BCUT2D eigenvalue weighted by Crippen LogP contribution is 2.26. The van der Waals surface area contributed by atoms with Crippen LogP contribution in [-0.4, -0.2) is 35.7 Å². The van der Waals surface area contributed by atoms with Gasteiger partial charge in [0.2, 0.25) is 0 Å². The Balaban J connectivity index is 1.61. The molecule has 1 unspecified atom stereocenters. The molecule has 2 fully saturated rings. The molecule has 0 bridgehead atoms. The van der Waals surface area contributed by atoms with Crippen molar-refractivity contribution in [2.45, 2.75) is 64.0 Å². The monoisotopic (exact) mass is 277 g/mol. The van der Waals surface area contributed by atoms with Crippen LogP contribution >= 0.6 is 0 Å². The first-order chi connectivity index (χ1) is 9.86. The third kappa shape index (κ3) is 3.23. The minimum atomic E-state index is 0.595. The van der Waals surface area contributed by atoms with Gasteiger partial charge in [-0.2, -0.15) is 0 Å². The van der Waals surface area contributed by atoms with E-state index < -0.39 is 0 Å². The molecule has 2 aliphatic heterocycles. The number of aromatic nitrogens is 1. The number of likely N-dealkylation sites (tertiary alicyclic amines) is 1. The quantitative estimate of drug-likeness (QED) is 0.919. The number of nitrogens with zero attached hydrogens (tertiary/aromatic N) is 2. The molecule has 112 valence electrons. The molecule has 3 rings (SSSR count). The molecule has 1 aromatic heterocycles. The minimum absolute atomic E-state index is 0.595. The van der Waals surface area contributed by atoms with Gasteiger partial charge in [0.15, 0.2) is 5.76 Å². The zero-order chi connectivity index (χ0) is 13.8. The normalized spacial score (nSPS) is 25.9. The van der Waals surface area contributed by atoms with Gasteiger partial charge in [-0.3, -0.25) is 4.90 Å². The molecule has 1 aromatic rings. The van der Waals surface area contributed by atoms with Crippen molar-refractivity contribution in [1.29, 1.82) is 0 Å². The summed E-state index contributed by atoms with van der Waals surface area (Å²) in [6, 6.07) is 2.94. The minimum Gasteiger partial charge on any atom is -0.360 e. The lowest BCUT2D eigenvalue weighted by molar-refractivity contribution is 0.122. The van der Waals surface area contributed by atoms with Gasteiger partial charge < -0.3 is 9.84 Å². The van der Waals surface area contributed by atoms with Gasteiger partial charge in [0, 0.05) is 18.0 Å². The smallest absolute Gasteiger partial charge is 0.150 e.